The average molecular weight is 279 g/mol. The van der Waals surface area contributed by atoms with Gasteiger partial charge in [0.2, 0.25) is 0 Å². The SMILES string of the molecule is CCc1ccc(C(O)C(C)NCCCOC(C)C)cc1. The molecule has 3 heteroatoms. The highest BCUT2D eigenvalue weighted by molar-refractivity contribution is 5.24. The Kier molecular flexibility index (Phi) is 7.82. The maximum Gasteiger partial charge on any atom is 0.0940 e. The predicted molar refractivity (Wildman–Crippen MR) is 83.9 cm³/mol. The first-order valence-electron chi connectivity index (χ1n) is 7.66. The van der Waals surface area contributed by atoms with Crippen molar-refractivity contribution in [3.63, 3.8) is 0 Å². The largest absolute Gasteiger partial charge is 0.387 e. The standard InChI is InChI=1S/C17H29NO2/c1-5-15-7-9-16(10-8-15)17(19)14(4)18-11-6-12-20-13(2)3/h7-10,13-14,17-19H,5-6,11-12H2,1-4H3. The number of benzene rings is 1. The number of rotatable bonds is 9. The summed E-state index contributed by atoms with van der Waals surface area (Å²) >= 11 is 0. The van der Waals surface area contributed by atoms with Gasteiger partial charge >= 0.3 is 0 Å². The minimum Gasteiger partial charge on any atom is -0.387 e. The molecule has 1 aromatic rings. The van der Waals surface area contributed by atoms with Crippen LogP contribution >= 0.6 is 0 Å². The molecule has 2 N–H and O–H groups in total. The topological polar surface area (TPSA) is 41.5 Å². The van der Waals surface area contributed by atoms with E-state index in [-0.39, 0.29) is 12.1 Å². The van der Waals surface area contributed by atoms with E-state index in [9.17, 15) is 5.11 Å². The normalized spacial score (nSPS) is 14.5. The zero-order valence-corrected chi connectivity index (χ0v) is 13.2. The maximum absolute atomic E-state index is 10.3. The van der Waals surface area contributed by atoms with Crippen LogP contribution in [0.5, 0.6) is 0 Å². The van der Waals surface area contributed by atoms with Crippen molar-refractivity contribution in [2.45, 2.75) is 58.8 Å². The third-order valence-corrected chi connectivity index (χ3v) is 3.44. The lowest BCUT2D eigenvalue weighted by Crippen LogP contribution is -2.33. The van der Waals surface area contributed by atoms with Crippen LogP contribution in [0.3, 0.4) is 0 Å². The Hall–Kier alpha value is -0.900. The highest BCUT2D eigenvalue weighted by Crippen LogP contribution is 2.17. The van der Waals surface area contributed by atoms with Crippen LogP contribution in [0.1, 0.15) is 51.3 Å². The van der Waals surface area contributed by atoms with E-state index in [4.69, 9.17) is 4.74 Å². The van der Waals surface area contributed by atoms with Gasteiger partial charge in [-0.1, -0.05) is 31.2 Å². The highest BCUT2D eigenvalue weighted by Gasteiger charge is 2.15. The second-order valence-electron chi connectivity index (χ2n) is 5.56. The molecule has 0 fully saturated rings. The number of aliphatic hydroxyl groups excluding tert-OH is 1. The highest BCUT2D eigenvalue weighted by atomic mass is 16.5. The first-order valence-corrected chi connectivity index (χ1v) is 7.66. The molecule has 0 saturated heterocycles. The minimum atomic E-state index is -0.466. The second kappa shape index (κ2) is 9.11. The van der Waals surface area contributed by atoms with Gasteiger partial charge in [-0.05, 0) is 51.3 Å². The van der Waals surface area contributed by atoms with Gasteiger partial charge in [0.05, 0.1) is 12.2 Å². The quantitative estimate of drug-likeness (QED) is 0.683. The average Bonchev–Trinajstić information content (AvgIpc) is 2.45. The van der Waals surface area contributed by atoms with E-state index >= 15 is 0 Å². The van der Waals surface area contributed by atoms with Crippen molar-refractivity contribution < 1.29 is 9.84 Å². The van der Waals surface area contributed by atoms with Crippen LogP contribution in [0.4, 0.5) is 0 Å². The molecule has 3 nitrogen and oxygen atoms in total. The van der Waals surface area contributed by atoms with Crippen molar-refractivity contribution in [3.05, 3.63) is 35.4 Å². The summed E-state index contributed by atoms with van der Waals surface area (Å²) in [4.78, 5) is 0. The molecular formula is C17H29NO2. The van der Waals surface area contributed by atoms with Crippen molar-refractivity contribution in [2.24, 2.45) is 0 Å². The molecule has 2 unspecified atom stereocenters. The van der Waals surface area contributed by atoms with Gasteiger partial charge in [0.25, 0.3) is 0 Å². The van der Waals surface area contributed by atoms with Crippen LogP contribution in [0.25, 0.3) is 0 Å². The lowest BCUT2D eigenvalue weighted by atomic mass is 10.0. The molecule has 0 aliphatic heterocycles. The van der Waals surface area contributed by atoms with Crippen LogP contribution in [0.15, 0.2) is 24.3 Å². The monoisotopic (exact) mass is 279 g/mol. The zero-order chi connectivity index (χ0) is 15.0. The number of ether oxygens (including phenoxy) is 1. The molecule has 114 valence electrons. The number of hydrogen-bond acceptors (Lipinski definition) is 3. The summed E-state index contributed by atoms with van der Waals surface area (Å²) in [6, 6.07) is 8.25. The molecule has 0 spiro atoms. The van der Waals surface area contributed by atoms with Crippen LogP contribution in [0.2, 0.25) is 0 Å². The Morgan fingerprint density at radius 3 is 2.35 bits per heavy atom. The fourth-order valence-corrected chi connectivity index (χ4v) is 2.07. The van der Waals surface area contributed by atoms with Gasteiger partial charge in [-0.25, -0.2) is 0 Å². The van der Waals surface area contributed by atoms with Gasteiger partial charge in [0.15, 0.2) is 0 Å². The Labute approximate surface area is 123 Å². The number of hydrogen-bond donors (Lipinski definition) is 2. The van der Waals surface area contributed by atoms with E-state index in [2.05, 4.69) is 24.4 Å². The van der Waals surface area contributed by atoms with Gasteiger partial charge in [-0.15, -0.1) is 0 Å². The maximum atomic E-state index is 10.3. The van der Waals surface area contributed by atoms with Crippen molar-refractivity contribution >= 4 is 0 Å². The molecule has 0 bridgehead atoms. The van der Waals surface area contributed by atoms with Crippen molar-refractivity contribution in [1.82, 2.24) is 5.32 Å². The molecular weight excluding hydrogens is 250 g/mol. The van der Waals surface area contributed by atoms with Gasteiger partial charge < -0.3 is 15.2 Å². The first-order chi connectivity index (χ1) is 9.54. The lowest BCUT2D eigenvalue weighted by molar-refractivity contribution is 0.0747. The van der Waals surface area contributed by atoms with E-state index in [0.29, 0.717) is 0 Å². The zero-order valence-electron chi connectivity index (χ0n) is 13.2. The molecule has 0 radical (unpaired) electrons. The van der Waals surface area contributed by atoms with Crippen molar-refractivity contribution in [2.75, 3.05) is 13.2 Å². The molecule has 1 rings (SSSR count). The number of aliphatic hydroxyl groups is 1. The van der Waals surface area contributed by atoms with Crippen molar-refractivity contribution in [3.8, 4) is 0 Å². The number of aryl methyl sites for hydroxylation is 1. The van der Waals surface area contributed by atoms with Gasteiger partial charge in [-0.3, -0.25) is 0 Å². The third-order valence-electron chi connectivity index (χ3n) is 3.44. The summed E-state index contributed by atoms with van der Waals surface area (Å²) in [7, 11) is 0. The Bertz CT molecular complexity index is 362. The van der Waals surface area contributed by atoms with Gasteiger partial charge in [0, 0.05) is 12.6 Å². The Balaban J connectivity index is 2.32. The van der Waals surface area contributed by atoms with E-state index in [1.54, 1.807) is 0 Å². The molecule has 0 aromatic heterocycles. The van der Waals surface area contributed by atoms with Crippen molar-refractivity contribution in [1.29, 1.82) is 0 Å². The first kappa shape index (κ1) is 17.2. The summed E-state index contributed by atoms with van der Waals surface area (Å²) in [5.74, 6) is 0. The van der Waals surface area contributed by atoms with Gasteiger partial charge in [0.1, 0.15) is 0 Å². The summed E-state index contributed by atoms with van der Waals surface area (Å²) < 4.78 is 5.49. The molecule has 2 atom stereocenters. The summed E-state index contributed by atoms with van der Waals surface area (Å²) in [5.41, 5.74) is 2.27. The number of nitrogens with one attached hydrogen (secondary N) is 1. The van der Waals surface area contributed by atoms with E-state index in [1.807, 2.05) is 32.9 Å². The molecule has 0 amide bonds. The second-order valence-corrected chi connectivity index (χ2v) is 5.56. The fourth-order valence-electron chi connectivity index (χ4n) is 2.07. The summed E-state index contributed by atoms with van der Waals surface area (Å²) in [5, 5.41) is 13.7. The van der Waals surface area contributed by atoms with Crippen LogP contribution in [-0.2, 0) is 11.2 Å². The van der Waals surface area contributed by atoms with Crippen LogP contribution < -0.4 is 5.32 Å². The molecule has 1 aromatic carbocycles. The molecule has 0 saturated carbocycles. The molecule has 0 aliphatic rings. The molecule has 20 heavy (non-hydrogen) atoms. The van der Waals surface area contributed by atoms with Crippen LogP contribution in [0, 0.1) is 0 Å². The predicted octanol–water partition coefficient (Wildman–Crippen LogP) is 3.08. The fraction of sp³-hybridized carbons (Fsp3) is 0.647. The van der Waals surface area contributed by atoms with Crippen LogP contribution in [-0.4, -0.2) is 30.4 Å². The van der Waals surface area contributed by atoms with E-state index in [1.165, 1.54) is 5.56 Å². The Morgan fingerprint density at radius 1 is 1.15 bits per heavy atom. The summed E-state index contributed by atoms with van der Waals surface area (Å²) in [6.07, 6.45) is 1.81. The smallest absolute Gasteiger partial charge is 0.0940 e. The summed E-state index contributed by atoms with van der Waals surface area (Å²) in [6.45, 7) is 9.85. The van der Waals surface area contributed by atoms with E-state index < -0.39 is 6.10 Å². The Morgan fingerprint density at radius 2 is 1.80 bits per heavy atom. The lowest BCUT2D eigenvalue weighted by Gasteiger charge is -2.21. The van der Waals surface area contributed by atoms with E-state index in [0.717, 1.165) is 31.6 Å². The minimum absolute atomic E-state index is 0.0431. The third kappa shape index (κ3) is 6.04. The van der Waals surface area contributed by atoms with Gasteiger partial charge in [-0.2, -0.15) is 0 Å². The molecule has 0 aliphatic carbocycles. The molecule has 0 heterocycles.